The Hall–Kier alpha value is -1.35. The zero-order chi connectivity index (χ0) is 15.5. The molecule has 0 N–H and O–H groups in total. The number of Topliss-reactive ketones (excluding diaryl/α,β-unsaturated/α-hetero) is 1. The standard InChI is InChI=1S/C18H26O3/c1-13(2)21-16-10-6-5-9-15(16)17(19)18(20-4)11-7-8-14(3)12-18/h5-6,9-10,13-14H,7-8,11-12H2,1-4H3. The maximum atomic E-state index is 13.1. The summed E-state index contributed by atoms with van der Waals surface area (Å²) in [6, 6.07) is 7.50. The maximum Gasteiger partial charge on any atom is 0.198 e. The Labute approximate surface area is 127 Å². The highest BCUT2D eigenvalue weighted by Crippen LogP contribution is 2.38. The van der Waals surface area contributed by atoms with Crippen LogP contribution in [0.4, 0.5) is 0 Å². The van der Waals surface area contributed by atoms with E-state index in [1.54, 1.807) is 7.11 Å². The minimum absolute atomic E-state index is 0.0442. The largest absolute Gasteiger partial charge is 0.490 e. The molecule has 1 aliphatic carbocycles. The number of benzene rings is 1. The second-order valence-electron chi connectivity index (χ2n) is 6.39. The first-order chi connectivity index (χ1) is 9.98. The van der Waals surface area contributed by atoms with E-state index in [2.05, 4.69) is 6.92 Å². The molecule has 2 rings (SSSR count). The number of hydrogen-bond acceptors (Lipinski definition) is 3. The fourth-order valence-electron chi connectivity index (χ4n) is 3.24. The van der Waals surface area contributed by atoms with Crippen LogP contribution in [0.15, 0.2) is 24.3 Å². The molecule has 2 atom stereocenters. The Morgan fingerprint density at radius 1 is 1.33 bits per heavy atom. The molecule has 0 heterocycles. The molecule has 1 aromatic carbocycles. The zero-order valence-electron chi connectivity index (χ0n) is 13.5. The number of methoxy groups -OCH3 is 1. The third kappa shape index (κ3) is 3.46. The summed E-state index contributed by atoms with van der Waals surface area (Å²) in [5, 5.41) is 0. The van der Waals surface area contributed by atoms with E-state index in [-0.39, 0.29) is 11.9 Å². The van der Waals surface area contributed by atoms with Crippen LogP contribution in [-0.4, -0.2) is 24.6 Å². The Bertz CT molecular complexity index is 495. The lowest BCUT2D eigenvalue weighted by molar-refractivity contribution is -0.0305. The summed E-state index contributed by atoms with van der Waals surface area (Å²) >= 11 is 0. The van der Waals surface area contributed by atoms with Gasteiger partial charge >= 0.3 is 0 Å². The summed E-state index contributed by atoms with van der Waals surface area (Å²) in [4.78, 5) is 13.1. The van der Waals surface area contributed by atoms with Crippen molar-refractivity contribution in [1.82, 2.24) is 0 Å². The van der Waals surface area contributed by atoms with Crippen molar-refractivity contribution in [2.24, 2.45) is 5.92 Å². The maximum absolute atomic E-state index is 13.1. The van der Waals surface area contributed by atoms with E-state index in [0.717, 1.165) is 19.3 Å². The van der Waals surface area contributed by atoms with Crippen LogP contribution in [0.3, 0.4) is 0 Å². The van der Waals surface area contributed by atoms with Crippen LogP contribution in [0, 0.1) is 5.92 Å². The summed E-state index contributed by atoms with van der Waals surface area (Å²) in [6.07, 6.45) is 3.83. The molecule has 2 unspecified atom stereocenters. The number of carbonyl (C=O) groups excluding carboxylic acids is 1. The minimum Gasteiger partial charge on any atom is -0.490 e. The van der Waals surface area contributed by atoms with Gasteiger partial charge in [-0.1, -0.05) is 25.5 Å². The Kier molecular flexibility index (Phi) is 5.04. The summed E-state index contributed by atoms with van der Waals surface area (Å²) in [6.45, 7) is 6.13. The highest BCUT2D eigenvalue weighted by Gasteiger charge is 2.43. The Balaban J connectivity index is 2.34. The number of rotatable bonds is 5. The molecule has 0 amide bonds. The van der Waals surface area contributed by atoms with Gasteiger partial charge in [0.2, 0.25) is 0 Å². The van der Waals surface area contributed by atoms with E-state index in [4.69, 9.17) is 9.47 Å². The van der Waals surface area contributed by atoms with Crippen molar-refractivity contribution in [3.05, 3.63) is 29.8 Å². The van der Waals surface area contributed by atoms with Crippen molar-refractivity contribution in [2.45, 2.75) is 58.2 Å². The molecule has 21 heavy (non-hydrogen) atoms. The number of para-hydroxylation sites is 1. The SMILES string of the molecule is COC1(C(=O)c2ccccc2OC(C)C)CCCC(C)C1. The quantitative estimate of drug-likeness (QED) is 0.760. The van der Waals surface area contributed by atoms with Crippen molar-refractivity contribution in [3.8, 4) is 5.75 Å². The van der Waals surface area contributed by atoms with Gasteiger partial charge in [0.1, 0.15) is 11.4 Å². The first-order valence-electron chi connectivity index (χ1n) is 7.84. The van der Waals surface area contributed by atoms with E-state index < -0.39 is 5.60 Å². The zero-order valence-corrected chi connectivity index (χ0v) is 13.5. The predicted octanol–water partition coefficient (Wildman–Crippen LogP) is 4.25. The molecule has 116 valence electrons. The molecule has 0 aromatic heterocycles. The van der Waals surface area contributed by atoms with Gasteiger partial charge in [0, 0.05) is 7.11 Å². The van der Waals surface area contributed by atoms with Crippen molar-refractivity contribution >= 4 is 5.78 Å². The summed E-state index contributed by atoms with van der Waals surface area (Å²) < 4.78 is 11.5. The van der Waals surface area contributed by atoms with Gasteiger partial charge in [0.25, 0.3) is 0 Å². The van der Waals surface area contributed by atoms with Crippen LogP contribution < -0.4 is 4.74 Å². The van der Waals surface area contributed by atoms with Crippen LogP contribution in [0.5, 0.6) is 5.75 Å². The highest BCUT2D eigenvalue weighted by molar-refractivity contribution is 6.04. The summed E-state index contributed by atoms with van der Waals surface area (Å²) in [5.41, 5.74) is -0.0455. The van der Waals surface area contributed by atoms with Crippen LogP contribution in [0.1, 0.15) is 56.8 Å². The molecule has 1 fully saturated rings. The molecule has 0 radical (unpaired) electrons. The molecule has 1 aromatic rings. The van der Waals surface area contributed by atoms with E-state index >= 15 is 0 Å². The van der Waals surface area contributed by atoms with Crippen LogP contribution in [0.2, 0.25) is 0 Å². The summed E-state index contributed by atoms with van der Waals surface area (Å²) in [5.74, 6) is 1.24. The van der Waals surface area contributed by atoms with Crippen molar-refractivity contribution in [2.75, 3.05) is 7.11 Å². The van der Waals surface area contributed by atoms with E-state index in [9.17, 15) is 4.79 Å². The average molecular weight is 290 g/mol. The van der Waals surface area contributed by atoms with Gasteiger partial charge in [-0.25, -0.2) is 0 Å². The van der Waals surface area contributed by atoms with Gasteiger partial charge < -0.3 is 9.47 Å². The van der Waals surface area contributed by atoms with Gasteiger partial charge in [0.15, 0.2) is 5.78 Å². The van der Waals surface area contributed by atoms with Crippen molar-refractivity contribution < 1.29 is 14.3 Å². The van der Waals surface area contributed by atoms with Crippen molar-refractivity contribution in [1.29, 1.82) is 0 Å². The molecule has 0 bridgehead atoms. The fraction of sp³-hybridized carbons (Fsp3) is 0.611. The Morgan fingerprint density at radius 3 is 2.67 bits per heavy atom. The second-order valence-corrected chi connectivity index (χ2v) is 6.39. The first-order valence-corrected chi connectivity index (χ1v) is 7.84. The third-order valence-corrected chi connectivity index (χ3v) is 4.25. The molecular formula is C18H26O3. The molecule has 0 spiro atoms. The van der Waals surface area contributed by atoms with Gasteiger partial charge in [0.05, 0.1) is 11.7 Å². The number of ether oxygens (including phenoxy) is 2. The first kappa shape index (κ1) is 16.0. The van der Waals surface area contributed by atoms with Crippen LogP contribution in [0.25, 0.3) is 0 Å². The summed E-state index contributed by atoms with van der Waals surface area (Å²) in [7, 11) is 1.65. The molecule has 0 aliphatic heterocycles. The second kappa shape index (κ2) is 6.61. The lowest BCUT2D eigenvalue weighted by Gasteiger charge is -2.37. The van der Waals surface area contributed by atoms with Crippen LogP contribution >= 0.6 is 0 Å². The lowest BCUT2D eigenvalue weighted by Crippen LogP contribution is -2.44. The van der Waals surface area contributed by atoms with E-state index in [1.165, 1.54) is 6.42 Å². The van der Waals surface area contributed by atoms with E-state index in [0.29, 0.717) is 17.2 Å². The normalized spacial score (nSPS) is 25.9. The van der Waals surface area contributed by atoms with E-state index in [1.807, 2.05) is 38.1 Å². The molecule has 0 saturated heterocycles. The number of ketones is 1. The van der Waals surface area contributed by atoms with Gasteiger partial charge in [-0.15, -0.1) is 0 Å². The Morgan fingerprint density at radius 2 is 2.05 bits per heavy atom. The van der Waals surface area contributed by atoms with Crippen LogP contribution in [-0.2, 0) is 4.74 Å². The van der Waals surface area contributed by atoms with Gasteiger partial charge in [-0.2, -0.15) is 0 Å². The van der Waals surface area contributed by atoms with Gasteiger partial charge in [-0.3, -0.25) is 4.79 Å². The molecule has 1 saturated carbocycles. The highest BCUT2D eigenvalue weighted by atomic mass is 16.5. The monoisotopic (exact) mass is 290 g/mol. The number of carbonyl (C=O) groups is 1. The van der Waals surface area contributed by atoms with Crippen molar-refractivity contribution in [3.63, 3.8) is 0 Å². The lowest BCUT2D eigenvalue weighted by atomic mass is 9.74. The third-order valence-electron chi connectivity index (χ3n) is 4.25. The number of hydrogen-bond donors (Lipinski definition) is 0. The minimum atomic E-state index is -0.686. The van der Waals surface area contributed by atoms with Gasteiger partial charge in [-0.05, 0) is 51.2 Å². The molecular weight excluding hydrogens is 264 g/mol. The topological polar surface area (TPSA) is 35.5 Å². The molecule has 1 aliphatic rings. The smallest absolute Gasteiger partial charge is 0.198 e. The fourth-order valence-corrected chi connectivity index (χ4v) is 3.24. The predicted molar refractivity (Wildman–Crippen MR) is 83.9 cm³/mol. The molecule has 3 heteroatoms. The average Bonchev–Trinajstić information content (AvgIpc) is 2.46. The molecule has 3 nitrogen and oxygen atoms in total.